The summed E-state index contributed by atoms with van der Waals surface area (Å²) in [6, 6.07) is 9.00. The highest BCUT2D eigenvalue weighted by atomic mass is 35.5. The lowest BCUT2D eigenvalue weighted by atomic mass is 9.44. The van der Waals surface area contributed by atoms with Crippen molar-refractivity contribution in [3.8, 4) is 0 Å². The van der Waals surface area contributed by atoms with Crippen molar-refractivity contribution in [3.05, 3.63) is 56.5 Å². The first kappa shape index (κ1) is 55.7. The lowest BCUT2D eigenvalue weighted by Crippen LogP contribution is -2.65. The molecule has 75 heavy (non-hydrogen) atoms. The number of carbonyl (C=O) groups is 3. The number of ether oxygens (including phenoxy) is 8. The number of Topliss-reactive ketones (excluding diaryl/α,β-unsaturated/α-hetero) is 1. The molecule has 22 heteroatoms. The first-order valence-corrected chi connectivity index (χ1v) is 27.8. The lowest BCUT2D eigenvalue weighted by molar-refractivity contribution is -0.363. The Morgan fingerprint density at radius 3 is 1.99 bits per heavy atom. The summed E-state index contributed by atoms with van der Waals surface area (Å²) in [6.07, 6.45) is -12.5. The highest BCUT2D eigenvalue weighted by Crippen LogP contribution is 2.71. The summed E-state index contributed by atoms with van der Waals surface area (Å²) in [5, 5.41) is 61.9. The van der Waals surface area contributed by atoms with Crippen LogP contribution in [0.2, 0.25) is 20.1 Å². The summed E-state index contributed by atoms with van der Waals surface area (Å²) in [5.41, 5.74) is -0.401. The number of anilines is 2. The fourth-order valence-corrected chi connectivity index (χ4v) is 15.9. The molecule has 22 atom stereocenters. The largest absolute Gasteiger partial charge is 0.446 e. The number of carbonyl (C=O) groups excluding carboxylic acids is 3. The predicted molar refractivity (Wildman–Crippen MR) is 272 cm³/mol. The zero-order chi connectivity index (χ0) is 53.5. The molecule has 1 spiro atoms. The zero-order valence-corrected chi connectivity index (χ0v) is 45.2. The number of amides is 2. The standard InChI is InChI=1S/C53H68Cl4N2O16/c1-23-13-16-53(69-21-23)24(2)37-34(75-53)18-28-27-12-11-25-17-26(14-15-51(25,3)38(27)33(61)19-52(28,37)4)70-47-43(64)41(62)45(35(20-60)71-47)73-48-44(65)42(63)46(74-50(67)59-40-31(56)9-6-10-32(40)57)36(72-48)22-68-49(66)58-39-29(54)7-5-8-30(39)55/h5-10,23-28,34-38,41-48,60,62-65H,11-22H2,1-4H3,(H,58,66)(H,59,67)/t23-,24+,25+,26+,27?,28?,34?,35+,36+,37?,38?,41-,42-,43+,44+,45-,46-,47-,48+,51+,52+,53-/m1/s1. The van der Waals surface area contributed by atoms with Gasteiger partial charge in [-0.3, -0.25) is 15.4 Å². The van der Waals surface area contributed by atoms with Crippen LogP contribution in [0.15, 0.2) is 36.4 Å². The number of nitrogens with one attached hydrogen (secondary N) is 2. The molecule has 4 saturated carbocycles. The Kier molecular flexibility index (Phi) is 16.2. The molecule has 8 fully saturated rings. The summed E-state index contributed by atoms with van der Waals surface area (Å²) in [4.78, 5) is 41.0. The Morgan fingerprint density at radius 2 is 1.36 bits per heavy atom. The van der Waals surface area contributed by atoms with Crippen molar-refractivity contribution < 1.29 is 77.8 Å². The first-order chi connectivity index (χ1) is 35.7. The maximum Gasteiger partial charge on any atom is 0.412 e. The second-order valence-corrected chi connectivity index (χ2v) is 24.6. The zero-order valence-electron chi connectivity index (χ0n) is 42.2. The van der Waals surface area contributed by atoms with Crippen molar-refractivity contribution in [3.63, 3.8) is 0 Å². The van der Waals surface area contributed by atoms with Crippen molar-refractivity contribution in [2.24, 2.45) is 52.3 Å². The van der Waals surface area contributed by atoms with E-state index in [9.17, 15) is 39.9 Å². The van der Waals surface area contributed by atoms with E-state index in [4.69, 9.17) is 84.3 Å². The van der Waals surface area contributed by atoms with Gasteiger partial charge in [0.05, 0.1) is 56.9 Å². The van der Waals surface area contributed by atoms with E-state index in [-0.39, 0.29) is 78.0 Å². The van der Waals surface area contributed by atoms with Crippen LogP contribution in [0, 0.1) is 52.3 Å². The molecule has 2 amide bonds. The molecule has 2 aromatic rings. The van der Waals surface area contributed by atoms with E-state index in [1.54, 1.807) is 12.1 Å². The van der Waals surface area contributed by atoms with Gasteiger partial charge >= 0.3 is 12.2 Å². The second-order valence-electron chi connectivity index (χ2n) is 22.9. The van der Waals surface area contributed by atoms with Gasteiger partial charge in [-0.15, -0.1) is 0 Å². The number of hydrogen-bond acceptors (Lipinski definition) is 16. The number of rotatable bonds is 10. The van der Waals surface area contributed by atoms with E-state index in [0.717, 1.165) is 32.1 Å². The molecule has 0 radical (unpaired) electrons. The summed E-state index contributed by atoms with van der Waals surface area (Å²) >= 11 is 24.9. The van der Waals surface area contributed by atoms with Gasteiger partial charge in [-0.1, -0.05) is 86.2 Å². The van der Waals surface area contributed by atoms with Gasteiger partial charge in [-0.2, -0.15) is 0 Å². The molecule has 7 N–H and O–H groups in total. The molecule has 4 aliphatic heterocycles. The third-order valence-corrected chi connectivity index (χ3v) is 19.9. The van der Waals surface area contributed by atoms with Crippen molar-refractivity contribution in [1.82, 2.24) is 0 Å². The fraction of sp³-hybridized carbons (Fsp3) is 0.717. The van der Waals surface area contributed by atoms with E-state index >= 15 is 0 Å². The summed E-state index contributed by atoms with van der Waals surface area (Å²) in [6.45, 7) is 8.33. The van der Waals surface area contributed by atoms with Gasteiger partial charge < -0.3 is 63.4 Å². The highest BCUT2D eigenvalue weighted by Gasteiger charge is 2.71. The molecule has 4 aliphatic carbocycles. The second kappa shape index (κ2) is 21.8. The third kappa shape index (κ3) is 10.2. The smallest absolute Gasteiger partial charge is 0.412 e. The van der Waals surface area contributed by atoms with Crippen LogP contribution in [0.3, 0.4) is 0 Å². The monoisotopic (exact) mass is 1130 g/mol. The maximum absolute atomic E-state index is 14.7. The third-order valence-electron chi connectivity index (χ3n) is 18.6. The van der Waals surface area contributed by atoms with Gasteiger partial charge in [0.2, 0.25) is 0 Å². The predicted octanol–water partition coefficient (Wildman–Crippen LogP) is 7.75. The van der Waals surface area contributed by atoms with Gasteiger partial charge in [0.25, 0.3) is 0 Å². The minimum Gasteiger partial charge on any atom is -0.446 e. The van der Waals surface area contributed by atoms with Crippen LogP contribution in [-0.2, 0) is 42.7 Å². The molecule has 5 unspecified atom stereocenters. The topological polar surface area (TPSA) is 250 Å². The summed E-state index contributed by atoms with van der Waals surface area (Å²) < 4.78 is 48.9. The maximum atomic E-state index is 14.7. The number of halogens is 4. The average molecular weight is 1130 g/mol. The normalized spacial score (nSPS) is 44.2. The molecule has 4 saturated heterocycles. The van der Waals surface area contributed by atoms with Gasteiger partial charge in [-0.25, -0.2) is 9.59 Å². The molecule has 10 rings (SSSR count). The van der Waals surface area contributed by atoms with Crippen molar-refractivity contribution >= 4 is 75.7 Å². The van der Waals surface area contributed by atoms with Gasteiger partial charge in [0, 0.05) is 24.7 Å². The van der Waals surface area contributed by atoms with E-state index in [1.165, 1.54) is 24.3 Å². The lowest BCUT2D eigenvalue weighted by Gasteiger charge is -2.60. The number of para-hydroxylation sites is 2. The number of benzene rings is 2. The fourth-order valence-electron chi connectivity index (χ4n) is 14.9. The van der Waals surface area contributed by atoms with Crippen LogP contribution >= 0.6 is 46.4 Å². The number of hydrogen-bond donors (Lipinski definition) is 7. The van der Waals surface area contributed by atoms with Crippen LogP contribution in [0.4, 0.5) is 21.0 Å². The molecule has 0 bridgehead atoms. The molecular weight excluding hydrogens is 1060 g/mol. The SMILES string of the molecule is C[C@@H]1CC[C@@]2(OC1)OC1CC3C4CC[C@H]5C[C@@H](O[C@@H]6O[C@@H](CO)[C@@H](O[C@@H]7O[C@@H](COC(=O)Nc8c(Cl)cccc8Cl)[C@@H](OC(=O)Nc8c(Cl)cccc8Cl)[C@H](O)[C@@H]7O)[C@H](O)[C@@H]6O)CC[C@]5(C)C4C(=O)C[C@]3(C)C1[C@@H]2C. The van der Waals surface area contributed by atoms with Gasteiger partial charge in [-0.05, 0) is 110 Å². The molecule has 18 nitrogen and oxygen atoms in total. The molecule has 2 aromatic carbocycles. The average Bonchev–Trinajstić information content (AvgIpc) is 3.81. The molecule has 8 aliphatic rings. The molecular formula is C53H68Cl4N2O16. The number of aliphatic hydroxyl groups is 5. The molecule has 414 valence electrons. The Bertz CT molecular complexity index is 2410. The van der Waals surface area contributed by atoms with Crippen molar-refractivity contribution in [1.29, 1.82) is 0 Å². The number of fused-ring (bicyclic) bond motifs is 7. The van der Waals surface area contributed by atoms with Crippen molar-refractivity contribution in [2.75, 3.05) is 30.5 Å². The summed E-state index contributed by atoms with van der Waals surface area (Å²) in [7, 11) is 0. The van der Waals surface area contributed by atoms with E-state index in [0.29, 0.717) is 49.9 Å². The Hall–Kier alpha value is -2.63. The summed E-state index contributed by atoms with van der Waals surface area (Å²) in [5.74, 6) is 1.46. The van der Waals surface area contributed by atoms with Crippen LogP contribution in [0.25, 0.3) is 0 Å². The minimum atomic E-state index is -2.01. The van der Waals surface area contributed by atoms with Crippen LogP contribution in [-0.4, -0.2) is 143 Å². The Morgan fingerprint density at radius 1 is 0.747 bits per heavy atom. The van der Waals surface area contributed by atoms with Crippen LogP contribution < -0.4 is 10.6 Å². The van der Waals surface area contributed by atoms with Crippen LogP contribution in [0.5, 0.6) is 0 Å². The minimum absolute atomic E-state index is 0.0167. The van der Waals surface area contributed by atoms with E-state index < -0.39 is 98.7 Å². The van der Waals surface area contributed by atoms with E-state index in [2.05, 4.69) is 38.3 Å². The van der Waals surface area contributed by atoms with Crippen molar-refractivity contribution in [2.45, 2.75) is 165 Å². The van der Waals surface area contributed by atoms with Gasteiger partial charge in [0.15, 0.2) is 24.5 Å². The quantitative estimate of drug-likeness (QED) is 0.112. The molecule has 4 heterocycles. The first-order valence-electron chi connectivity index (χ1n) is 26.2. The highest BCUT2D eigenvalue weighted by molar-refractivity contribution is 6.40. The van der Waals surface area contributed by atoms with E-state index in [1.807, 2.05) is 0 Å². The number of aliphatic hydroxyl groups excluding tert-OH is 5. The number of ketones is 1. The Labute approximate surface area is 455 Å². The molecule has 0 aromatic heterocycles. The van der Waals surface area contributed by atoms with Gasteiger partial charge in [0.1, 0.15) is 55.1 Å². The Balaban J connectivity index is 0.781. The van der Waals surface area contributed by atoms with Crippen LogP contribution in [0.1, 0.15) is 85.5 Å².